The van der Waals surface area contributed by atoms with Crippen LogP contribution in [0.15, 0.2) is 34.0 Å². The van der Waals surface area contributed by atoms with Gasteiger partial charge in [-0.25, -0.2) is 0 Å². The Morgan fingerprint density at radius 1 is 1.09 bits per heavy atom. The molecule has 2 aliphatic heterocycles. The van der Waals surface area contributed by atoms with Crippen LogP contribution in [0, 0.1) is 0 Å². The Labute approximate surface area is 217 Å². The number of thioether (sulfide) groups is 1. The standard InChI is InChI=1S/C27H35N3O3S2/c1-5-7-8-11-14-30-26(32)23(35-27(30)34)15-21-24(28-16-18(3)33-19(4)17-28)20-12-9-10-13-22(20)29(6-2)25(21)31/h9-10,12-13,15,18-19H,5-8,11,14,16-17H2,1-4H3. The van der Waals surface area contributed by atoms with Crippen molar-refractivity contribution in [3.8, 4) is 0 Å². The first-order valence-corrected chi connectivity index (χ1v) is 13.9. The highest BCUT2D eigenvalue weighted by molar-refractivity contribution is 8.26. The number of carbonyl (C=O) groups excluding carboxylic acids is 1. The number of nitrogens with zero attached hydrogens (tertiary/aromatic N) is 3. The molecular weight excluding hydrogens is 478 g/mol. The summed E-state index contributed by atoms with van der Waals surface area (Å²) in [5.41, 5.74) is 2.26. The van der Waals surface area contributed by atoms with Crippen molar-refractivity contribution in [3.05, 3.63) is 45.1 Å². The van der Waals surface area contributed by atoms with Crippen LogP contribution in [-0.4, -0.2) is 51.5 Å². The molecule has 2 unspecified atom stereocenters. The van der Waals surface area contributed by atoms with E-state index in [1.54, 1.807) is 15.5 Å². The van der Waals surface area contributed by atoms with Crippen molar-refractivity contribution in [1.29, 1.82) is 0 Å². The Kier molecular flexibility index (Phi) is 8.34. The number of amides is 1. The molecule has 0 spiro atoms. The number of anilines is 1. The van der Waals surface area contributed by atoms with Crippen LogP contribution in [-0.2, 0) is 16.1 Å². The van der Waals surface area contributed by atoms with Crippen LogP contribution in [0.25, 0.3) is 17.0 Å². The molecule has 0 aliphatic carbocycles. The second-order valence-corrected chi connectivity index (χ2v) is 11.1. The number of aryl methyl sites for hydroxylation is 1. The molecule has 2 aromatic rings. The summed E-state index contributed by atoms with van der Waals surface area (Å²) in [5.74, 6) is -0.0956. The summed E-state index contributed by atoms with van der Waals surface area (Å²) in [6, 6.07) is 8.03. The van der Waals surface area contributed by atoms with Crippen molar-refractivity contribution in [2.24, 2.45) is 0 Å². The highest BCUT2D eigenvalue weighted by atomic mass is 32.2. The van der Waals surface area contributed by atoms with E-state index in [0.717, 1.165) is 42.3 Å². The zero-order chi connectivity index (χ0) is 25.1. The molecule has 0 saturated carbocycles. The number of aromatic nitrogens is 1. The van der Waals surface area contributed by atoms with Crippen molar-refractivity contribution in [3.63, 3.8) is 0 Å². The third-order valence-corrected chi connectivity index (χ3v) is 7.99. The van der Waals surface area contributed by atoms with Crippen molar-refractivity contribution in [2.45, 2.75) is 72.1 Å². The number of hydrogen-bond donors (Lipinski definition) is 0. The van der Waals surface area contributed by atoms with Crippen molar-refractivity contribution in [2.75, 3.05) is 24.5 Å². The van der Waals surface area contributed by atoms with E-state index in [1.807, 2.05) is 25.1 Å². The predicted molar refractivity (Wildman–Crippen MR) is 150 cm³/mol. The molecule has 0 bridgehead atoms. The molecule has 2 aliphatic rings. The molecule has 2 saturated heterocycles. The number of morpholine rings is 1. The van der Waals surface area contributed by atoms with Crippen molar-refractivity contribution < 1.29 is 9.53 Å². The quantitative estimate of drug-likeness (QED) is 0.267. The number of carbonyl (C=O) groups is 1. The minimum atomic E-state index is -0.0956. The first kappa shape index (κ1) is 25.9. The van der Waals surface area contributed by atoms with Crippen LogP contribution in [0.3, 0.4) is 0 Å². The number of unbranched alkanes of at least 4 members (excludes halogenated alkanes) is 3. The average molecular weight is 514 g/mol. The zero-order valence-corrected chi connectivity index (χ0v) is 22.7. The predicted octanol–water partition coefficient (Wildman–Crippen LogP) is 5.42. The number of rotatable bonds is 8. The van der Waals surface area contributed by atoms with Crippen molar-refractivity contribution >= 4 is 56.9 Å². The van der Waals surface area contributed by atoms with E-state index in [9.17, 15) is 9.59 Å². The molecule has 1 aromatic carbocycles. The lowest BCUT2D eigenvalue weighted by Crippen LogP contribution is -2.46. The summed E-state index contributed by atoms with van der Waals surface area (Å²) in [6.45, 7) is 10.8. The van der Waals surface area contributed by atoms with Crippen LogP contribution < -0.4 is 10.5 Å². The molecule has 1 aromatic heterocycles. The Hall–Kier alpha value is -2.16. The van der Waals surface area contributed by atoms with Gasteiger partial charge in [0.1, 0.15) is 4.32 Å². The zero-order valence-electron chi connectivity index (χ0n) is 21.1. The minimum absolute atomic E-state index is 0.0419. The Bertz CT molecular complexity index is 1200. The van der Waals surface area contributed by atoms with E-state index >= 15 is 0 Å². The fourth-order valence-corrected chi connectivity index (χ4v) is 6.37. The summed E-state index contributed by atoms with van der Waals surface area (Å²) < 4.78 is 8.34. The monoisotopic (exact) mass is 513 g/mol. The normalized spacial score (nSPS) is 22.1. The first-order chi connectivity index (χ1) is 16.8. The second-order valence-electron chi connectivity index (χ2n) is 9.39. The third-order valence-electron chi connectivity index (χ3n) is 6.62. The SMILES string of the molecule is CCCCCCN1C(=O)C(=Cc2c(N3CC(C)OC(C)C3)c3ccccc3n(CC)c2=O)SC1=S. The molecule has 6 nitrogen and oxygen atoms in total. The van der Waals surface area contributed by atoms with Gasteiger partial charge in [0.25, 0.3) is 11.5 Å². The smallest absolute Gasteiger partial charge is 0.266 e. The van der Waals surface area contributed by atoms with E-state index in [-0.39, 0.29) is 23.7 Å². The number of hydrogen-bond acceptors (Lipinski definition) is 6. The maximum absolute atomic E-state index is 13.8. The van der Waals surface area contributed by atoms with Crippen LogP contribution in [0.1, 0.15) is 58.9 Å². The molecule has 0 N–H and O–H groups in total. The lowest BCUT2D eigenvalue weighted by Gasteiger charge is -2.38. The van der Waals surface area contributed by atoms with Gasteiger partial charge < -0.3 is 14.2 Å². The van der Waals surface area contributed by atoms with Gasteiger partial charge in [-0.1, -0.05) is 68.4 Å². The largest absolute Gasteiger partial charge is 0.372 e. The maximum atomic E-state index is 13.8. The molecule has 2 atom stereocenters. The summed E-state index contributed by atoms with van der Waals surface area (Å²) in [5, 5.41) is 1.01. The van der Waals surface area contributed by atoms with E-state index in [4.69, 9.17) is 17.0 Å². The van der Waals surface area contributed by atoms with Gasteiger partial charge in [-0.3, -0.25) is 14.5 Å². The number of benzene rings is 1. The van der Waals surface area contributed by atoms with Crippen LogP contribution in [0.5, 0.6) is 0 Å². The van der Waals surface area contributed by atoms with Gasteiger partial charge >= 0.3 is 0 Å². The molecule has 0 radical (unpaired) electrons. The molecular formula is C27H35N3O3S2. The first-order valence-electron chi connectivity index (χ1n) is 12.7. The minimum Gasteiger partial charge on any atom is -0.372 e. The summed E-state index contributed by atoms with van der Waals surface area (Å²) >= 11 is 6.86. The number of fused-ring (bicyclic) bond motifs is 1. The van der Waals surface area contributed by atoms with Crippen LogP contribution in [0.4, 0.5) is 5.69 Å². The Morgan fingerprint density at radius 2 is 1.80 bits per heavy atom. The summed E-state index contributed by atoms with van der Waals surface area (Å²) in [6.07, 6.45) is 6.17. The average Bonchev–Trinajstić information content (AvgIpc) is 3.09. The molecule has 8 heteroatoms. The van der Waals surface area contributed by atoms with E-state index in [2.05, 4.69) is 31.7 Å². The highest BCUT2D eigenvalue weighted by Crippen LogP contribution is 2.37. The fourth-order valence-electron chi connectivity index (χ4n) is 5.08. The van der Waals surface area contributed by atoms with Gasteiger partial charge in [-0.2, -0.15) is 0 Å². The Balaban J connectivity index is 1.82. The van der Waals surface area contributed by atoms with Gasteiger partial charge in [0.2, 0.25) is 0 Å². The Morgan fingerprint density at radius 3 is 2.49 bits per heavy atom. The number of thiocarbonyl (C=S) groups is 1. The molecule has 3 heterocycles. The number of pyridine rings is 1. The van der Waals surface area contributed by atoms with E-state index < -0.39 is 0 Å². The van der Waals surface area contributed by atoms with Crippen LogP contribution in [0.2, 0.25) is 0 Å². The molecule has 4 rings (SSSR count). The van der Waals surface area contributed by atoms with Gasteiger partial charge in [0.15, 0.2) is 0 Å². The van der Waals surface area contributed by atoms with E-state index in [1.165, 1.54) is 11.8 Å². The van der Waals surface area contributed by atoms with Gasteiger partial charge in [0.05, 0.1) is 33.9 Å². The van der Waals surface area contributed by atoms with Crippen LogP contribution >= 0.6 is 24.0 Å². The lowest BCUT2D eigenvalue weighted by atomic mass is 10.0. The van der Waals surface area contributed by atoms with Gasteiger partial charge in [0, 0.05) is 31.6 Å². The summed E-state index contributed by atoms with van der Waals surface area (Å²) in [7, 11) is 0. The summed E-state index contributed by atoms with van der Waals surface area (Å²) in [4.78, 5) is 31.6. The maximum Gasteiger partial charge on any atom is 0.266 e. The molecule has 188 valence electrons. The number of para-hydroxylation sites is 1. The fraction of sp³-hybridized carbons (Fsp3) is 0.519. The molecule has 35 heavy (non-hydrogen) atoms. The second kappa shape index (κ2) is 11.3. The van der Waals surface area contributed by atoms with Gasteiger partial charge in [-0.05, 0) is 39.3 Å². The van der Waals surface area contributed by atoms with E-state index in [0.29, 0.717) is 41.0 Å². The number of ether oxygens (including phenoxy) is 1. The third kappa shape index (κ3) is 5.34. The topological polar surface area (TPSA) is 54.8 Å². The molecule has 1 amide bonds. The highest BCUT2D eigenvalue weighted by Gasteiger charge is 2.33. The van der Waals surface area contributed by atoms with Gasteiger partial charge in [-0.15, -0.1) is 0 Å². The molecule has 2 fully saturated rings. The lowest BCUT2D eigenvalue weighted by molar-refractivity contribution is -0.122. The van der Waals surface area contributed by atoms with Crippen molar-refractivity contribution in [1.82, 2.24) is 9.47 Å².